The maximum Gasteiger partial charge on any atom is 0.226 e. The van der Waals surface area contributed by atoms with Crippen LogP contribution in [0.5, 0.6) is 0 Å². The lowest BCUT2D eigenvalue weighted by molar-refractivity contribution is -0.116. The zero-order valence-electron chi connectivity index (χ0n) is 13.6. The number of carbonyl (C=O) groups excluding carboxylic acids is 1. The summed E-state index contributed by atoms with van der Waals surface area (Å²) >= 11 is 1.45. The predicted molar refractivity (Wildman–Crippen MR) is 94.8 cm³/mol. The van der Waals surface area contributed by atoms with E-state index in [0.717, 1.165) is 42.8 Å². The molecule has 1 fully saturated rings. The molecule has 2 heterocycles. The number of carbonyl (C=O) groups is 1. The van der Waals surface area contributed by atoms with Crippen molar-refractivity contribution in [2.24, 2.45) is 5.92 Å². The van der Waals surface area contributed by atoms with Crippen LogP contribution in [-0.4, -0.2) is 24.0 Å². The largest absolute Gasteiger partial charge is 0.317 e. The highest BCUT2D eigenvalue weighted by Crippen LogP contribution is 2.23. The molecule has 4 nitrogen and oxygen atoms in total. The molecule has 2 N–H and O–H groups in total. The van der Waals surface area contributed by atoms with Crippen molar-refractivity contribution in [1.29, 1.82) is 0 Å². The van der Waals surface area contributed by atoms with Gasteiger partial charge in [-0.05, 0) is 56.0 Å². The molecule has 0 unspecified atom stereocenters. The van der Waals surface area contributed by atoms with E-state index >= 15 is 0 Å². The molecule has 0 saturated carbocycles. The summed E-state index contributed by atoms with van der Waals surface area (Å²) < 4.78 is 13.2. The fraction of sp³-hybridized carbons (Fsp3) is 0.444. The van der Waals surface area contributed by atoms with Gasteiger partial charge in [-0.2, -0.15) is 0 Å². The van der Waals surface area contributed by atoms with Gasteiger partial charge in [0.2, 0.25) is 5.91 Å². The molecule has 3 rings (SSSR count). The summed E-state index contributed by atoms with van der Waals surface area (Å²) in [6.07, 6.45) is 6.17. The summed E-state index contributed by atoms with van der Waals surface area (Å²) in [5.41, 5.74) is 0.905. The molecular weight excluding hydrogens is 325 g/mol. The van der Waals surface area contributed by atoms with Crippen LogP contribution in [0.3, 0.4) is 0 Å². The number of thiazole rings is 1. The van der Waals surface area contributed by atoms with E-state index in [9.17, 15) is 9.18 Å². The van der Waals surface area contributed by atoms with Gasteiger partial charge in [0.25, 0.3) is 0 Å². The van der Waals surface area contributed by atoms with Gasteiger partial charge in [-0.15, -0.1) is 11.3 Å². The van der Waals surface area contributed by atoms with Crippen molar-refractivity contribution in [3.63, 3.8) is 0 Å². The Morgan fingerprint density at radius 2 is 2.21 bits per heavy atom. The van der Waals surface area contributed by atoms with Crippen molar-refractivity contribution in [2.45, 2.75) is 32.1 Å². The van der Waals surface area contributed by atoms with Gasteiger partial charge in [0.1, 0.15) is 5.82 Å². The molecule has 1 saturated heterocycles. The van der Waals surface area contributed by atoms with E-state index in [1.54, 1.807) is 12.3 Å². The highest BCUT2D eigenvalue weighted by molar-refractivity contribution is 7.15. The number of rotatable bonds is 6. The number of anilines is 1. The maximum absolute atomic E-state index is 13.2. The lowest BCUT2D eigenvalue weighted by Crippen LogP contribution is -2.28. The molecule has 2 aromatic rings. The molecule has 1 aliphatic rings. The molecule has 1 amide bonds. The second-order valence-corrected chi connectivity index (χ2v) is 7.33. The molecule has 6 heteroatoms. The van der Waals surface area contributed by atoms with Crippen molar-refractivity contribution in [2.75, 3.05) is 18.4 Å². The van der Waals surface area contributed by atoms with E-state index in [2.05, 4.69) is 15.6 Å². The molecule has 0 bridgehead atoms. The molecule has 1 aromatic heterocycles. The minimum Gasteiger partial charge on any atom is -0.317 e. The minimum absolute atomic E-state index is 0.0280. The van der Waals surface area contributed by atoms with E-state index in [0.29, 0.717) is 23.9 Å². The van der Waals surface area contributed by atoms with Gasteiger partial charge in [0, 0.05) is 23.9 Å². The number of hydrogen-bond donors (Lipinski definition) is 2. The third-order valence-corrected chi connectivity index (χ3v) is 5.22. The number of benzene rings is 1. The van der Waals surface area contributed by atoms with Gasteiger partial charge >= 0.3 is 0 Å². The molecule has 0 radical (unpaired) electrons. The summed E-state index contributed by atoms with van der Waals surface area (Å²) in [7, 11) is 0. The number of amides is 1. The molecule has 0 atom stereocenters. The van der Waals surface area contributed by atoms with Crippen LogP contribution in [0.15, 0.2) is 30.5 Å². The highest BCUT2D eigenvalue weighted by atomic mass is 32.1. The quantitative estimate of drug-likeness (QED) is 0.840. The van der Waals surface area contributed by atoms with Crippen LogP contribution in [0, 0.1) is 11.7 Å². The fourth-order valence-corrected chi connectivity index (χ4v) is 3.85. The average Bonchev–Trinajstić information content (AvgIpc) is 3.01. The van der Waals surface area contributed by atoms with E-state index in [1.807, 2.05) is 6.07 Å². The van der Waals surface area contributed by atoms with E-state index in [4.69, 9.17) is 0 Å². The number of aromatic nitrogens is 1. The fourth-order valence-electron chi connectivity index (χ4n) is 2.98. The van der Waals surface area contributed by atoms with Crippen molar-refractivity contribution in [3.05, 3.63) is 46.7 Å². The zero-order chi connectivity index (χ0) is 16.8. The average molecular weight is 347 g/mol. The van der Waals surface area contributed by atoms with Crippen molar-refractivity contribution in [3.8, 4) is 0 Å². The number of nitrogens with one attached hydrogen (secondary N) is 2. The molecular formula is C18H22FN3OS. The summed E-state index contributed by atoms with van der Waals surface area (Å²) in [6, 6.07) is 6.55. The summed E-state index contributed by atoms with van der Waals surface area (Å²) in [5, 5.41) is 6.84. The van der Waals surface area contributed by atoms with Crippen LogP contribution in [0.2, 0.25) is 0 Å². The van der Waals surface area contributed by atoms with E-state index in [-0.39, 0.29) is 11.7 Å². The SMILES string of the molecule is O=C(CCC1CCNCC1)Nc1ncc(Cc2cccc(F)c2)s1. The molecule has 0 aliphatic carbocycles. The van der Waals surface area contributed by atoms with Gasteiger partial charge < -0.3 is 10.6 Å². The lowest BCUT2D eigenvalue weighted by atomic mass is 9.93. The van der Waals surface area contributed by atoms with Crippen LogP contribution < -0.4 is 10.6 Å². The van der Waals surface area contributed by atoms with Gasteiger partial charge in [-0.3, -0.25) is 4.79 Å². The molecule has 1 aliphatic heterocycles. The van der Waals surface area contributed by atoms with Gasteiger partial charge in [0.15, 0.2) is 5.13 Å². The number of halogens is 1. The van der Waals surface area contributed by atoms with Crippen LogP contribution in [-0.2, 0) is 11.2 Å². The first-order chi connectivity index (χ1) is 11.7. The predicted octanol–water partition coefficient (Wildman–Crippen LogP) is 3.59. The van der Waals surface area contributed by atoms with Crippen LogP contribution >= 0.6 is 11.3 Å². The molecule has 0 spiro atoms. The van der Waals surface area contributed by atoms with Crippen LogP contribution in [0.1, 0.15) is 36.1 Å². The number of hydrogen-bond acceptors (Lipinski definition) is 4. The Hall–Kier alpha value is -1.79. The second kappa shape index (κ2) is 8.35. The Balaban J connectivity index is 1.47. The second-order valence-electron chi connectivity index (χ2n) is 6.22. The first-order valence-electron chi connectivity index (χ1n) is 8.39. The minimum atomic E-state index is -0.233. The summed E-state index contributed by atoms with van der Waals surface area (Å²) in [6.45, 7) is 2.12. The van der Waals surface area contributed by atoms with E-state index < -0.39 is 0 Å². The third-order valence-electron chi connectivity index (χ3n) is 4.31. The smallest absolute Gasteiger partial charge is 0.226 e. The van der Waals surface area contributed by atoms with Crippen LogP contribution in [0.4, 0.5) is 9.52 Å². The Morgan fingerprint density at radius 3 is 3.00 bits per heavy atom. The molecule has 128 valence electrons. The normalized spacial score (nSPS) is 15.4. The van der Waals surface area contributed by atoms with Crippen LogP contribution in [0.25, 0.3) is 0 Å². The Morgan fingerprint density at radius 1 is 1.38 bits per heavy atom. The van der Waals surface area contributed by atoms with Crippen molar-refractivity contribution in [1.82, 2.24) is 10.3 Å². The van der Waals surface area contributed by atoms with Crippen molar-refractivity contribution >= 4 is 22.4 Å². The Bertz CT molecular complexity index is 682. The van der Waals surface area contributed by atoms with Gasteiger partial charge in [-0.25, -0.2) is 9.37 Å². The van der Waals surface area contributed by atoms with Gasteiger partial charge in [0.05, 0.1) is 0 Å². The monoisotopic (exact) mass is 347 g/mol. The first-order valence-corrected chi connectivity index (χ1v) is 9.20. The third kappa shape index (κ3) is 5.11. The standard InChI is InChI=1S/C18H22FN3OS/c19-15-3-1-2-14(10-15)11-16-12-21-18(24-16)22-17(23)5-4-13-6-8-20-9-7-13/h1-3,10,12-13,20H,4-9,11H2,(H,21,22,23). The highest BCUT2D eigenvalue weighted by Gasteiger charge is 2.15. The molecule has 24 heavy (non-hydrogen) atoms. The maximum atomic E-state index is 13.2. The Labute approximate surface area is 145 Å². The summed E-state index contributed by atoms with van der Waals surface area (Å²) in [5.74, 6) is 0.445. The zero-order valence-corrected chi connectivity index (χ0v) is 14.4. The van der Waals surface area contributed by atoms with E-state index in [1.165, 1.54) is 23.5 Å². The first kappa shape index (κ1) is 17.0. The summed E-state index contributed by atoms with van der Waals surface area (Å²) in [4.78, 5) is 17.3. The number of piperidine rings is 1. The lowest BCUT2D eigenvalue weighted by Gasteiger charge is -2.21. The Kier molecular flexibility index (Phi) is 5.93. The van der Waals surface area contributed by atoms with Gasteiger partial charge in [-0.1, -0.05) is 12.1 Å². The van der Waals surface area contributed by atoms with Crippen molar-refractivity contribution < 1.29 is 9.18 Å². The molecule has 1 aromatic carbocycles. The number of nitrogens with zero attached hydrogens (tertiary/aromatic N) is 1. The topological polar surface area (TPSA) is 54.0 Å².